The Morgan fingerprint density at radius 2 is 1.72 bits per heavy atom. The van der Waals surface area contributed by atoms with Crippen LogP contribution in [0.5, 0.6) is 0 Å². The summed E-state index contributed by atoms with van der Waals surface area (Å²) in [5.74, 6) is 0.845. The van der Waals surface area contributed by atoms with Crippen molar-refractivity contribution in [1.29, 1.82) is 0 Å². The number of hydrogen-bond acceptors (Lipinski definition) is 6. The highest BCUT2D eigenvalue weighted by atomic mass is 16.1. The molecule has 1 aliphatic carbocycles. The van der Waals surface area contributed by atoms with E-state index in [1.807, 2.05) is 43.5 Å². The van der Waals surface area contributed by atoms with Crippen molar-refractivity contribution in [2.45, 2.75) is 25.7 Å². The molecular weight excluding hydrogens is 534 g/mol. The molecule has 3 aromatic carbocycles. The molecular formula is C35H33N7O. The normalized spacial score (nSPS) is 15.4. The van der Waals surface area contributed by atoms with E-state index in [2.05, 4.69) is 62.6 Å². The number of pyridine rings is 1. The maximum absolute atomic E-state index is 13.7. The van der Waals surface area contributed by atoms with E-state index in [-0.39, 0.29) is 11.5 Å². The van der Waals surface area contributed by atoms with Crippen LogP contribution in [0.2, 0.25) is 0 Å². The van der Waals surface area contributed by atoms with Gasteiger partial charge in [-0.3, -0.25) is 9.36 Å². The number of fused-ring (bicyclic) bond motifs is 2. The number of aromatic nitrogens is 4. The summed E-state index contributed by atoms with van der Waals surface area (Å²) in [6, 6.07) is 25.0. The van der Waals surface area contributed by atoms with Gasteiger partial charge in [0.2, 0.25) is 5.95 Å². The van der Waals surface area contributed by atoms with Gasteiger partial charge in [-0.1, -0.05) is 36.4 Å². The molecule has 6 aromatic rings. The lowest BCUT2D eigenvalue weighted by atomic mass is 10.0. The van der Waals surface area contributed by atoms with Crippen LogP contribution < -0.4 is 21.5 Å². The van der Waals surface area contributed by atoms with Crippen LogP contribution in [-0.2, 0) is 0 Å². The van der Waals surface area contributed by atoms with Gasteiger partial charge in [-0.25, -0.2) is 4.98 Å². The molecule has 1 saturated carbocycles. The molecule has 214 valence electrons. The van der Waals surface area contributed by atoms with Crippen molar-refractivity contribution in [3.8, 4) is 28.2 Å². The Hall–Kier alpha value is -4.95. The Morgan fingerprint density at radius 1 is 0.907 bits per heavy atom. The molecule has 0 unspecified atom stereocenters. The molecule has 3 aromatic heterocycles. The zero-order valence-corrected chi connectivity index (χ0v) is 24.1. The summed E-state index contributed by atoms with van der Waals surface area (Å²) in [5, 5.41) is 6.01. The van der Waals surface area contributed by atoms with Gasteiger partial charge in [0.1, 0.15) is 5.65 Å². The highest BCUT2D eigenvalue weighted by Crippen LogP contribution is 2.41. The Bertz CT molecular complexity index is 2070. The first-order chi connectivity index (χ1) is 21.0. The zero-order valence-electron chi connectivity index (χ0n) is 24.1. The van der Waals surface area contributed by atoms with E-state index in [1.165, 1.54) is 24.1 Å². The summed E-state index contributed by atoms with van der Waals surface area (Å²) >= 11 is 0. The average Bonchev–Trinajstić information content (AvgIpc) is 3.80. The minimum Gasteiger partial charge on any atom is -0.369 e. The van der Waals surface area contributed by atoms with Gasteiger partial charge in [-0.05, 0) is 84.2 Å². The second-order valence-corrected chi connectivity index (χ2v) is 11.7. The third-order valence-electron chi connectivity index (χ3n) is 8.96. The Kier molecular flexibility index (Phi) is 6.04. The summed E-state index contributed by atoms with van der Waals surface area (Å²) < 4.78 is 1.74. The van der Waals surface area contributed by atoms with E-state index in [0.717, 1.165) is 76.1 Å². The number of aromatic amines is 1. The number of rotatable bonds is 5. The van der Waals surface area contributed by atoms with Crippen molar-refractivity contribution in [3.05, 3.63) is 100 Å². The van der Waals surface area contributed by atoms with E-state index in [0.29, 0.717) is 11.6 Å². The van der Waals surface area contributed by atoms with Crippen LogP contribution in [0, 0.1) is 6.92 Å². The van der Waals surface area contributed by atoms with Crippen molar-refractivity contribution < 1.29 is 0 Å². The van der Waals surface area contributed by atoms with Crippen LogP contribution in [0.1, 0.15) is 29.9 Å². The number of nitrogens with zero attached hydrogens (tertiary/aromatic N) is 4. The van der Waals surface area contributed by atoms with Crippen molar-refractivity contribution in [2.24, 2.45) is 0 Å². The highest BCUT2D eigenvalue weighted by Gasteiger charge is 2.24. The molecule has 0 amide bonds. The van der Waals surface area contributed by atoms with E-state index in [1.54, 1.807) is 4.57 Å². The monoisotopic (exact) mass is 567 g/mol. The van der Waals surface area contributed by atoms with Crippen LogP contribution in [0.15, 0.2) is 83.8 Å². The molecule has 1 saturated heterocycles. The Morgan fingerprint density at radius 3 is 2.51 bits per heavy atom. The lowest BCUT2D eigenvalue weighted by molar-refractivity contribution is 0.589. The molecule has 43 heavy (non-hydrogen) atoms. The fourth-order valence-electron chi connectivity index (χ4n) is 6.43. The van der Waals surface area contributed by atoms with Gasteiger partial charge in [0.15, 0.2) is 0 Å². The number of nitrogens with two attached hydrogens (primary N) is 1. The summed E-state index contributed by atoms with van der Waals surface area (Å²) in [7, 11) is 0. The smallest absolute Gasteiger partial charge is 0.262 e. The van der Waals surface area contributed by atoms with Crippen molar-refractivity contribution >= 4 is 33.4 Å². The minimum absolute atomic E-state index is 0.0272. The molecule has 4 N–H and O–H groups in total. The summed E-state index contributed by atoms with van der Waals surface area (Å²) in [5.41, 5.74) is 14.9. The lowest BCUT2D eigenvalue weighted by Gasteiger charge is -2.29. The number of nitrogens with one attached hydrogen (secondary N) is 2. The van der Waals surface area contributed by atoms with Crippen LogP contribution in [0.4, 0.5) is 11.6 Å². The fraction of sp³-hybridized carbons (Fsp3) is 0.229. The molecule has 8 heteroatoms. The van der Waals surface area contributed by atoms with Gasteiger partial charge in [0, 0.05) is 60.1 Å². The van der Waals surface area contributed by atoms with Gasteiger partial charge < -0.3 is 20.9 Å². The highest BCUT2D eigenvalue weighted by molar-refractivity contribution is 5.96. The van der Waals surface area contributed by atoms with E-state index in [9.17, 15) is 4.79 Å². The van der Waals surface area contributed by atoms with Gasteiger partial charge in [0.25, 0.3) is 5.56 Å². The molecule has 0 spiro atoms. The van der Waals surface area contributed by atoms with Crippen molar-refractivity contribution in [3.63, 3.8) is 0 Å². The predicted octanol–water partition coefficient (Wildman–Crippen LogP) is 5.77. The SMILES string of the molecule is Cc1c(-c2nc(N)nc3[nH]c(-c4ccc(N5CCNCC5)cc4)cc23)cccc1-n1ccc2cc(C3CC3)ccc2c1=O. The topological polar surface area (TPSA) is 105 Å². The van der Waals surface area contributed by atoms with Crippen molar-refractivity contribution in [1.82, 2.24) is 24.8 Å². The van der Waals surface area contributed by atoms with Crippen LogP contribution in [-0.4, -0.2) is 45.7 Å². The van der Waals surface area contributed by atoms with E-state index < -0.39 is 0 Å². The molecule has 4 heterocycles. The lowest BCUT2D eigenvalue weighted by Crippen LogP contribution is -2.43. The second-order valence-electron chi connectivity index (χ2n) is 11.7. The van der Waals surface area contributed by atoms with Crippen molar-refractivity contribution in [2.75, 3.05) is 36.8 Å². The molecule has 2 aliphatic rings. The van der Waals surface area contributed by atoms with E-state index in [4.69, 9.17) is 10.7 Å². The fourth-order valence-corrected chi connectivity index (χ4v) is 6.43. The third-order valence-corrected chi connectivity index (χ3v) is 8.96. The molecule has 0 bridgehead atoms. The van der Waals surface area contributed by atoms with Gasteiger partial charge in [0.05, 0.1) is 11.4 Å². The van der Waals surface area contributed by atoms with E-state index >= 15 is 0 Å². The van der Waals surface area contributed by atoms with Crippen LogP contribution in [0.3, 0.4) is 0 Å². The molecule has 2 fully saturated rings. The van der Waals surface area contributed by atoms with Gasteiger partial charge >= 0.3 is 0 Å². The van der Waals surface area contributed by atoms with Gasteiger partial charge in [-0.15, -0.1) is 0 Å². The molecule has 1 aliphatic heterocycles. The standard InChI is InChI=1S/C35H33N7O/c1-21-27(3-2-4-31(21)42-16-13-25-19-24(22-5-6-22)9-12-28(25)34(42)43)32-29-20-30(38-33(29)40-35(36)39-32)23-7-10-26(11-8-23)41-17-14-37-15-18-41/h2-4,7-13,16,19-20,22,37H,5-6,14-15,17-18H2,1H3,(H3,36,38,39,40). The number of hydrogen-bond donors (Lipinski definition) is 3. The third kappa shape index (κ3) is 4.55. The van der Waals surface area contributed by atoms with Gasteiger partial charge in [-0.2, -0.15) is 4.98 Å². The number of benzene rings is 3. The maximum atomic E-state index is 13.7. The predicted molar refractivity (Wildman–Crippen MR) is 174 cm³/mol. The Balaban J connectivity index is 1.19. The quantitative estimate of drug-likeness (QED) is 0.244. The largest absolute Gasteiger partial charge is 0.369 e. The molecule has 0 atom stereocenters. The summed E-state index contributed by atoms with van der Waals surface area (Å²) in [4.78, 5) is 28.8. The second kappa shape index (κ2) is 10.1. The molecule has 8 rings (SSSR count). The number of H-pyrrole nitrogens is 1. The first-order valence-corrected chi connectivity index (χ1v) is 15.0. The Labute approximate surface area is 249 Å². The number of nitrogen functional groups attached to an aromatic ring is 1. The number of piperazine rings is 1. The molecule has 8 nitrogen and oxygen atoms in total. The zero-order chi connectivity index (χ0) is 29.1. The number of anilines is 2. The first kappa shape index (κ1) is 25.7. The summed E-state index contributed by atoms with van der Waals surface area (Å²) in [6.07, 6.45) is 4.36. The molecule has 0 radical (unpaired) electrons. The van der Waals surface area contributed by atoms with Crippen LogP contribution in [0.25, 0.3) is 50.0 Å². The summed E-state index contributed by atoms with van der Waals surface area (Å²) in [6.45, 7) is 6.06. The first-order valence-electron chi connectivity index (χ1n) is 15.0. The minimum atomic E-state index is -0.0272. The maximum Gasteiger partial charge on any atom is 0.262 e. The average molecular weight is 568 g/mol. The van der Waals surface area contributed by atoms with Crippen LogP contribution >= 0.6 is 0 Å².